The van der Waals surface area contributed by atoms with Crippen molar-refractivity contribution in [3.63, 3.8) is 0 Å². The number of pyridine rings is 1. The van der Waals surface area contributed by atoms with Gasteiger partial charge in [-0.05, 0) is 47.9 Å². The lowest BCUT2D eigenvalue weighted by atomic mass is 10.1. The summed E-state index contributed by atoms with van der Waals surface area (Å²) in [5.41, 5.74) is 0.893. The van der Waals surface area contributed by atoms with Gasteiger partial charge < -0.3 is 4.90 Å². The van der Waals surface area contributed by atoms with Crippen LogP contribution in [0.4, 0.5) is 11.4 Å². The van der Waals surface area contributed by atoms with E-state index >= 15 is 0 Å². The van der Waals surface area contributed by atoms with Crippen LogP contribution in [0.5, 0.6) is 0 Å². The molecule has 2 heterocycles. The van der Waals surface area contributed by atoms with Gasteiger partial charge in [-0.25, -0.2) is 4.98 Å². The van der Waals surface area contributed by atoms with Crippen LogP contribution >= 0.6 is 23.1 Å². The predicted molar refractivity (Wildman–Crippen MR) is 119 cm³/mol. The average molecular weight is 459 g/mol. The van der Waals surface area contributed by atoms with E-state index in [0.717, 1.165) is 0 Å². The largest absolute Gasteiger partial charge is 0.311 e. The molecule has 0 radical (unpaired) electrons. The zero-order valence-electron chi connectivity index (χ0n) is 15.6. The molecule has 0 aliphatic carbocycles. The molecule has 0 saturated carbocycles. The molecule has 0 spiro atoms. The fourth-order valence-electron chi connectivity index (χ4n) is 2.92. The third-order valence-corrected chi connectivity index (χ3v) is 6.73. The van der Waals surface area contributed by atoms with Crippen LogP contribution in [0.15, 0.2) is 72.0 Å². The van der Waals surface area contributed by atoms with Crippen LogP contribution in [-0.4, -0.2) is 30.7 Å². The topological polar surface area (TPSA) is 92.3 Å². The first kappa shape index (κ1) is 20.3. The van der Waals surface area contributed by atoms with E-state index in [1.54, 1.807) is 25.2 Å². The molecule has 0 fully saturated rings. The molecule has 2 aromatic carbocycles. The number of fused-ring (bicyclic) bond motifs is 1. The van der Waals surface area contributed by atoms with Crippen LogP contribution in [0.3, 0.4) is 0 Å². The van der Waals surface area contributed by atoms with Crippen molar-refractivity contribution in [3.8, 4) is 0 Å². The molecule has 0 aliphatic heterocycles. The van der Waals surface area contributed by atoms with Gasteiger partial charge in [-0.3, -0.25) is 9.52 Å². The third kappa shape index (κ3) is 3.87. The van der Waals surface area contributed by atoms with Crippen molar-refractivity contribution in [2.24, 2.45) is 0 Å². The highest BCUT2D eigenvalue weighted by molar-refractivity contribution is 7.92. The van der Waals surface area contributed by atoms with Gasteiger partial charge in [0, 0.05) is 24.0 Å². The van der Waals surface area contributed by atoms with E-state index < -0.39 is 10.0 Å². The molecule has 2 aromatic heterocycles. The number of hydrogen-bond donors (Lipinski definition) is 1. The highest BCUT2D eigenvalue weighted by Crippen LogP contribution is 2.29. The molecule has 4 rings (SSSR count). The van der Waals surface area contributed by atoms with E-state index in [0.29, 0.717) is 15.8 Å². The first-order chi connectivity index (χ1) is 14.4. The molecule has 0 atom stereocenters. The van der Waals surface area contributed by atoms with Crippen molar-refractivity contribution in [1.29, 1.82) is 0 Å². The Bertz CT molecular complexity index is 1340. The second-order valence-electron chi connectivity index (χ2n) is 6.35. The molecule has 0 saturated heterocycles. The lowest BCUT2D eigenvalue weighted by molar-refractivity contribution is 0.0994. The van der Waals surface area contributed by atoms with Crippen molar-refractivity contribution < 1.29 is 13.2 Å². The van der Waals surface area contributed by atoms with Gasteiger partial charge in [0.05, 0.1) is 27.5 Å². The molecule has 0 unspecified atom stereocenters. The number of aromatic nitrogens is 2. The number of carbonyl (C=O) groups excluding carboxylic acids is 1. The van der Waals surface area contributed by atoms with Crippen molar-refractivity contribution in [2.75, 3.05) is 16.7 Å². The number of para-hydroxylation sites is 1. The number of sulfonamides is 1. The fourth-order valence-corrected chi connectivity index (χ4v) is 5.00. The highest BCUT2D eigenvalue weighted by Gasteiger charge is 2.24. The Morgan fingerprint density at radius 2 is 1.90 bits per heavy atom. The molecule has 1 amide bonds. The first-order valence-electron chi connectivity index (χ1n) is 8.72. The van der Waals surface area contributed by atoms with Gasteiger partial charge in [0.1, 0.15) is 0 Å². The summed E-state index contributed by atoms with van der Waals surface area (Å²) in [5, 5.41) is 0.532. The number of benzene rings is 2. The lowest BCUT2D eigenvalue weighted by Crippen LogP contribution is -2.27. The SMILES string of the molecule is CN(C(=O)c1ccc(Cl)cc1NS(=O)(=O)c1nccc2sncc12)c1ccccc1. The molecule has 152 valence electrons. The van der Waals surface area contributed by atoms with Crippen LogP contribution in [-0.2, 0) is 10.0 Å². The van der Waals surface area contributed by atoms with Gasteiger partial charge in [0.15, 0.2) is 5.03 Å². The van der Waals surface area contributed by atoms with E-state index in [2.05, 4.69) is 14.1 Å². The van der Waals surface area contributed by atoms with Crippen molar-refractivity contribution >= 4 is 60.5 Å². The van der Waals surface area contributed by atoms with Gasteiger partial charge in [0.2, 0.25) is 0 Å². The number of nitrogens with zero attached hydrogens (tertiary/aromatic N) is 3. The van der Waals surface area contributed by atoms with E-state index in [1.165, 1.54) is 47.0 Å². The zero-order chi connectivity index (χ0) is 21.3. The van der Waals surface area contributed by atoms with Gasteiger partial charge >= 0.3 is 0 Å². The molecule has 0 aliphatic rings. The summed E-state index contributed by atoms with van der Waals surface area (Å²) in [5.74, 6) is -0.390. The van der Waals surface area contributed by atoms with E-state index in [1.807, 2.05) is 18.2 Å². The average Bonchev–Trinajstić information content (AvgIpc) is 3.22. The number of halogens is 1. The summed E-state index contributed by atoms with van der Waals surface area (Å²) in [7, 11) is -2.48. The Hall–Kier alpha value is -3.01. The Kier molecular flexibility index (Phi) is 5.42. The standard InChI is InChI=1S/C20H15ClN4O3S2/c1-25(14-5-3-2-4-6-14)20(26)15-8-7-13(21)11-17(15)24-30(27,28)19-16-12-23-29-18(16)9-10-22-19/h2-12,24H,1H3. The van der Waals surface area contributed by atoms with Gasteiger partial charge in [-0.15, -0.1) is 0 Å². The number of nitrogens with one attached hydrogen (secondary N) is 1. The van der Waals surface area contributed by atoms with Gasteiger partial charge in [0.25, 0.3) is 15.9 Å². The van der Waals surface area contributed by atoms with E-state index in [4.69, 9.17) is 11.6 Å². The second-order valence-corrected chi connectivity index (χ2v) is 9.22. The number of carbonyl (C=O) groups is 1. The number of amides is 1. The molecular weight excluding hydrogens is 444 g/mol. The third-order valence-electron chi connectivity index (χ3n) is 4.41. The predicted octanol–water partition coefficient (Wildman–Crippen LogP) is 4.42. The molecule has 4 aromatic rings. The lowest BCUT2D eigenvalue weighted by Gasteiger charge is -2.20. The quantitative estimate of drug-likeness (QED) is 0.477. The Balaban J connectivity index is 1.74. The summed E-state index contributed by atoms with van der Waals surface area (Å²) in [4.78, 5) is 18.5. The number of rotatable bonds is 5. The summed E-state index contributed by atoms with van der Waals surface area (Å²) < 4.78 is 33.3. The maximum Gasteiger partial charge on any atom is 0.280 e. The minimum absolute atomic E-state index is 0.0669. The monoisotopic (exact) mass is 458 g/mol. The van der Waals surface area contributed by atoms with Crippen LogP contribution in [0.2, 0.25) is 5.02 Å². The van der Waals surface area contributed by atoms with Gasteiger partial charge in [-0.1, -0.05) is 29.8 Å². The number of hydrogen-bond acceptors (Lipinski definition) is 6. The summed E-state index contributed by atoms with van der Waals surface area (Å²) >= 11 is 7.26. The van der Waals surface area contributed by atoms with E-state index in [-0.39, 0.29) is 27.2 Å². The molecule has 7 nitrogen and oxygen atoms in total. The Labute approximate surface area is 182 Å². The molecule has 0 bridgehead atoms. The van der Waals surface area contributed by atoms with Crippen molar-refractivity contribution in [2.45, 2.75) is 5.03 Å². The van der Waals surface area contributed by atoms with E-state index in [9.17, 15) is 13.2 Å². The smallest absolute Gasteiger partial charge is 0.280 e. The second kappa shape index (κ2) is 8.02. The number of anilines is 2. The molecule has 30 heavy (non-hydrogen) atoms. The maximum atomic E-state index is 13.1. The molecular formula is C20H15ClN4O3S2. The summed E-state index contributed by atoms with van der Waals surface area (Å²) in [6, 6.07) is 15.1. The van der Waals surface area contributed by atoms with Crippen LogP contribution < -0.4 is 9.62 Å². The Morgan fingerprint density at radius 3 is 2.67 bits per heavy atom. The summed E-state index contributed by atoms with van der Waals surface area (Å²) in [6.45, 7) is 0. The van der Waals surface area contributed by atoms with Crippen molar-refractivity contribution in [1.82, 2.24) is 9.36 Å². The summed E-state index contributed by atoms with van der Waals surface area (Å²) in [6.07, 6.45) is 2.86. The molecule has 10 heteroatoms. The highest BCUT2D eigenvalue weighted by atomic mass is 35.5. The normalized spacial score (nSPS) is 11.4. The van der Waals surface area contributed by atoms with Crippen LogP contribution in [0, 0.1) is 0 Å². The Morgan fingerprint density at radius 1 is 1.13 bits per heavy atom. The van der Waals surface area contributed by atoms with Gasteiger partial charge in [-0.2, -0.15) is 12.8 Å². The maximum absolute atomic E-state index is 13.1. The fraction of sp³-hybridized carbons (Fsp3) is 0.0500. The zero-order valence-corrected chi connectivity index (χ0v) is 18.0. The van der Waals surface area contributed by atoms with Crippen LogP contribution in [0.25, 0.3) is 10.1 Å². The minimum atomic E-state index is -4.10. The van der Waals surface area contributed by atoms with Crippen molar-refractivity contribution in [3.05, 3.63) is 77.6 Å². The first-order valence-corrected chi connectivity index (χ1v) is 11.3. The molecule has 1 N–H and O–H groups in total. The van der Waals surface area contributed by atoms with Crippen LogP contribution in [0.1, 0.15) is 10.4 Å². The minimum Gasteiger partial charge on any atom is -0.311 e.